The minimum absolute atomic E-state index is 0.0374. The molecule has 0 radical (unpaired) electrons. The number of aliphatic hydroxyl groups excluding tert-OH is 1. The van der Waals surface area contributed by atoms with E-state index in [0.29, 0.717) is 18.4 Å². The van der Waals surface area contributed by atoms with Crippen molar-refractivity contribution in [2.75, 3.05) is 6.61 Å². The number of rotatable bonds is 11. The molecule has 0 aliphatic rings. The first kappa shape index (κ1) is 21.3. The SMILES string of the molecule is C=C(CC(=O)C=C(C)C)C(=O)CCC(C)=CCCC(C)=CCO. The first-order chi connectivity index (χ1) is 10.8. The van der Waals surface area contributed by atoms with E-state index in [9.17, 15) is 9.59 Å². The number of carbonyl (C=O) groups excluding carboxylic acids is 2. The highest BCUT2D eigenvalue weighted by atomic mass is 16.2. The van der Waals surface area contributed by atoms with E-state index in [1.807, 2.05) is 27.7 Å². The second-order valence-electron chi connectivity index (χ2n) is 6.21. The lowest BCUT2D eigenvalue weighted by atomic mass is 9.99. The van der Waals surface area contributed by atoms with Crippen LogP contribution in [0.1, 0.15) is 59.8 Å². The average Bonchev–Trinajstić information content (AvgIpc) is 2.43. The van der Waals surface area contributed by atoms with Gasteiger partial charge in [-0.3, -0.25) is 9.59 Å². The maximum absolute atomic E-state index is 12.0. The molecule has 3 heteroatoms. The highest BCUT2D eigenvalue weighted by Crippen LogP contribution is 2.13. The highest BCUT2D eigenvalue weighted by Gasteiger charge is 2.10. The van der Waals surface area contributed by atoms with Gasteiger partial charge in [-0.25, -0.2) is 0 Å². The van der Waals surface area contributed by atoms with Crippen molar-refractivity contribution in [1.82, 2.24) is 0 Å². The van der Waals surface area contributed by atoms with Crippen LogP contribution in [0, 0.1) is 0 Å². The smallest absolute Gasteiger partial charge is 0.160 e. The first-order valence-corrected chi connectivity index (χ1v) is 8.07. The lowest BCUT2D eigenvalue weighted by Gasteiger charge is -2.04. The van der Waals surface area contributed by atoms with Crippen LogP contribution in [0.25, 0.3) is 0 Å². The fourth-order valence-corrected chi connectivity index (χ4v) is 2.08. The number of hydrogen-bond acceptors (Lipinski definition) is 3. The van der Waals surface area contributed by atoms with Crippen molar-refractivity contribution in [2.45, 2.75) is 59.8 Å². The monoisotopic (exact) mass is 318 g/mol. The molecule has 23 heavy (non-hydrogen) atoms. The standard InChI is InChI=1S/C20H30O3/c1-15(2)13-19(22)14-18(5)20(23)10-9-16(3)7-6-8-17(4)11-12-21/h7,11,13,21H,5-6,8-10,12,14H2,1-4H3. The third-order valence-corrected chi connectivity index (χ3v) is 3.45. The summed E-state index contributed by atoms with van der Waals surface area (Å²) in [4.78, 5) is 23.6. The maximum Gasteiger partial charge on any atom is 0.160 e. The van der Waals surface area contributed by atoms with Gasteiger partial charge in [0, 0.05) is 12.8 Å². The van der Waals surface area contributed by atoms with Crippen LogP contribution in [0.4, 0.5) is 0 Å². The Bertz CT molecular complexity index is 515. The van der Waals surface area contributed by atoms with Gasteiger partial charge in [0.25, 0.3) is 0 Å². The normalized spacial score (nSPS) is 12.0. The molecular formula is C20H30O3. The van der Waals surface area contributed by atoms with Gasteiger partial charge in [0.05, 0.1) is 6.61 Å². The van der Waals surface area contributed by atoms with E-state index in [1.54, 1.807) is 12.2 Å². The minimum Gasteiger partial charge on any atom is -0.392 e. The van der Waals surface area contributed by atoms with Crippen molar-refractivity contribution in [1.29, 1.82) is 0 Å². The van der Waals surface area contributed by atoms with E-state index in [-0.39, 0.29) is 24.6 Å². The van der Waals surface area contributed by atoms with Crippen LogP contribution >= 0.6 is 0 Å². The van der Waals surface area contributed by atoms with Crippen molar-refractivity contribution in [3.8, 4) is 0 Å². The molecule has 0 aromatic carbocycles. The van der Waals surface area contributed by atoms with Gasteiger partial charge in [-0.1, -0.05) is 35.5 Å². The molecule has 0 rings (SSSR count). The molecule has 1 N–H and O–H groups in total. The van der Waals surface area contributed by atoms with Crippen LogP contribution in [0.5, 0.6) is 0 Å². The fraction of sp³-hybridized carbons (Fsp3) is 0.500. The van der Waals surface area contributed by atoms with Gasteiger partial charge in [0.15, 0.2) is 11.6 Å². The molecule has 0 aliphatic carbocycles. The Balaban J connectivity index is 4.21. The molecule has 0 aromatic rings. The van der Waals surface area contributed by atoms with E-state index in [1.165, 1.54) is 11.1 Å². The van der Waals surface area contributed by atoms with Crippen LogP contribution in [0.3, 0.4) is 0 Å². The summed E-state index contributed by atoms with van der Waals surface area (Å²) in [6.45, 7) is 11.5. The zero-order valence-electron chi connectivity index (χ0n) is 14.9. The molecule has 0 atom stereocenters. The van der Waals surface area contributed by atoms with Crippen molar-refractivity contribution < 1.29 is 14.7 Å². The Hall–Kier alpha value is -1.74. The number of hydrogen-bond donors (Lipinski definition) is 1. The van der Waals surface area contributed by atoms with Crippen molar-refractivity contribution >= 4 is 11.6 Å². The molecule has 0 saturated heterocycles. The average molecular weight is 318 g/mol. The lowest BCUT2D eigenvalue weighted by molar-refractivity contribution is -0.118. The van der Waals surface area contributed by atoms with Crippen LogP contribution in [0.2, 0.25) is 0 Å². The summed E-state index contributed by atoms with van der Waals surface area (Å²) < 4.78 is 0. The maximum atomic E-state index is 12.0. The molecule has 0 fully saturated rings. The third-order valence-electron chi connectivity index (χ3n) is 3.45. The molecule has 128 valence electrons. The van der Waals surface area contributed by atoms with E-state index in [2.05, 4.69) is 12.7 Å². The molecule has 0 aromatic heterocycles. The summed E-state index contributed by atoms with van der Waals surface area (Å²) in [5, 5.41) is 8.79. The fourth-order valence-electron chi connectivity index (χ4n) is 2.08. The van der Waals surface area contributed by atoms with Gasteiger partial charge in [-0.2, -0.15) is 0 Å². The Labute approximate surface area is 140 Å². The topological polar surface area (TPSA) is 54.4 Å². The van der Waals surface area contributed by atoms with E-state index in [0.717, 1.165) is 18.4 Å². The summed E-state index contributed by atoms with van der Waals surface area (Å²) in [5.41, 5.74) is 3.65. The number of carbonyl (C=O) groups is 2. The van der Waals surface area contributed by atoms with Gasteiger partial charge in [-0.05, 0) is 58.6 Å². The molecule has 0 spiro atoms. The second kappa shape index (κ2) is 11.8. The summed E-state index contributed by atoms with van der Waals surface area (Å²) in [6.07, 6.45) is 8.49. The second-order valence-corrected chi connectivity index (χ2v) is 6.21. The van der Waals surface area contributed by atoms with Crippen molar-refractivity contribution in [3.05, 3.63) is 47.1 Å². The first-order valence-electron chi connectivity index (χ1n) is 8.07. The summed E-state index contributed by atoms with van der Waals surface area (Å²) in [5.74, 6) is -0.105. The Morgan fingerprint density at radius 1 is 0.957 bits per heavy atom. The van der Waals surface area contributed by atoms with Gasteiger partial charge in [-0.15, -0.1) is 0 Å². The Morgan fingerprint density at radius 3 is 2.13 bits per heavy atom. The van der Waals surface area contributed by atoms with E-state index in [4.69, 9.17) is 5.11 Å². The molecule has 0 unspecified atom stereocenters. The Morgan fingerprint density at radius 2 is 1.57 bits per heavy atom. The van der Waals surface area contributed by atoms with Crippen molar-refractivity contribution in [2.24, 2.45) is 0 Å². The Kier molecular flexibility index (Phi) is 10.9. The molecular weight excluding hydrogens is 288 g/mol. The molecule has 0 bridgehead atoms. The predicted octanol–water partition coefficient (Wildman–Crippen LogP) is 4.48. The molecule has 0 amide bonds. The number of allylic oxidation sites excluding steroid dienone is 6. The molecule has 3 nitrogen and oxygen atoms in total. The zero-order valence-corrected chi connectivity index (χ0v) is 14.9. The van der Waals surface area contributed by atoms with E-state index >= 15 is 0 Å². The van der Waals surface area contributed by atoms with Gasteiger partial charge >= 0.3 is 0 Å². The summed E-state index contributed by atoms with van der Waals surface area (Å²) in [7, 11) is 0. The number of Topliss-reactive ketones (excluding diaryl/α,β-unsaturated/α-hetero) is 1. The molecule has 0 heterocycles. The largest absolute Gasteiger partial charge is 0.392 e. The lowest BCUT2D eigenvalue weighted by Crippen LogP contribution is -2.06. The van der Waals surface area contributed by atoms with Gasteiger partial charge < -0.3 is 5.11 Å². The zero-order chi connectivity index (χ0) is 17.8. The van der Waals surface area contributed by atoms with E-state index < -0.39 is 0 Å². The highest BCUT2D eigenvalue weighted by molar-refractivity contribution is 6.03. The van der Waals surface area contributed by atoms with Crippen molar-refractivity contribution in [3.63, 3.8) is 0 Å². The quantitative estimate of drug-likeness (QED) is 0.451. The minimum atomic E-state index is -0.0678. The number of ketones is 2. The number of aliphatic hydroxyl groups is 1. The van der Waals surface area contributed by atoms with Gasteiger partial charge in [0.1, 0.15) is 0 Å². The van der Waals surface area contributed by atoms with Crippen LogP contribution in [0.15, 0.2) is 47.1 Å². The molecule has 0 aliphatic heterocycles. The van der Waals surface area contributed by atoms with Crippen LogP contribution < -0.4 is 0 Å². The van der Waals surface area contributed by atoms with Gasteiger partial charge in [0.2, 0.25) is 0 Å². The van der Waals surface area contributed by atoms with Crippen LogP contribution in [-0.4, -0.2) is 23.3 Å². The molecule has 0 saturated carbocycles. The predicted molar refractivity (Wildman–Crippen MR) is 96.3 cm³/mol. The summed E-state index contributed by atoms with van der Waals surface area (Å²) in [6, 6.07) is 0. The summed E-state index contributed by atoms with van der Waals surface area (Å²) >= 11 is 0. The third kappa shape index (κ3) is 11.5. The van der Waals surface area contributed by atoms with Crippen LogP contribution in [-0.2, 0) is 9.59 Å².